The Morgan fingerprint density at radius 2 is 1.51 bits per heavy atom. The van der Waals surface area contributed by atoms with E-state index in [1.807, 2.05) is 37.3 Å². The molecule has 0 bridgehead atoms. The topological polar surface area (TPSA) is 84.5 Å². The first-order chi connectivity index (χ1) is 16.8. The minimum atomic E-state index is -4.00. The van der Waals surface area contributed by atoms with Crippen LogP contribution in [0.3, 0.4) is 0 Å². The number of ether oxygens (including phenoxy) is 1. The Kier molecular flexibility index (Phi) is 7.39. The van der Waals surface area contributed by atoms with E-state index in [1.54, 1.807) is 48.5 Å². The predicted octanol–water partition coefficient (Wildman–Crippen LogP) is 6.28. The molecule has 0 saturated heterocycles. The fourth-order valence-corrected chi connectivity index (χ4v) is 4.85. The van der Waals surface area contributed by atoms with Crippen LogP contribution in [0.15, 0.2) is 102 Å². The Balaban J connectivity index is 1.44. The number of carbonyl (C=O) groups excluding carboxylic acids is 1. The van der Waals surface area contributed by atoms with Gasteiger partial charge in [0.15, 0.2) is 0 Å². The molecule has 178 valence electrons. The van der Waals surface area contributed by atoms with Gasteiger partial charge in [0.2, 0.25) is 0 Å². The highest BCUT2D eigenvalue weighted by molar-refractivity contribution is 7.92. The average molecular weight is 507 g/mol. The quantitative estimate of drug-likeness (QED) is 0.294. The van der Waals surface area contributed by atoms with E-state index in [2.05, 4.69) is 10.0 Å². The molecule has 4 aromatic carbocycles. The van der Waals surface area contributed by atoms with Crippen LogP contribution in [0.2, 0.25) is 5.02 Å². The van der Waals surface area contributed by atoms with Crippen molar-refractivity contribution in [1.82, 2.24) is 0 Å². The number of amides is 1. The summed E-state index contributed by atoms with van der Waals surface area (Å²) in [6.45, 7) is 2.34. The van der Waals surface area contributed by atoms with E-state index in [-0.39, 0.29) is 15.5 Å². The van der Waals surface area contributed by atoms with Crippen LogP contribution in [-0.4, -0.2) is 14.3 Å². The molecule has 35 heavy (non-hydrogen) atoms. The Morgan fingerprint density at radius 1 is 0.857 bits per heavy atom. The second-order valence-electron chi connectivity index (χ2n) is 7.87. The van der Waals surface area contributed by atoms with Crippen molar-refractivity contribution < 1.29 is 17.9 Å². The zero-order valence-electron chi connectivity index (χ0n) is 18.9. The first kappa shape index (κ1) is 24.3. The molecule has 0 aliphatic carbocycles. The molecule has 0 radical (unpaired) electrons. The molecule has 0 unspecified atom stereocenters. The fourth-order valence-electron chi connectivity index (χ4n) is 3.26. The van der Waals surface area contributed by atoms with Gasteiger partial charge in [-0.05, 0) is 67.1 Å². The summed E-state index contributed by atoms with van der Waals surface area (Å²) in [5.41, 5.74) is 3.15. The molecule has 0 heterocycles. The number of sulfonamides is 1. The fraction of sp³-hybridized carbons (Fsp3) is 0.0741. The normalized spacial score (nSPS) is 11.0. The largest absolute Gasteiger partial charge is 0.489 e. The Morgan fingerprint density at radius 3 is 2.20 bits per heavy atom. The predicted molar refractivity (Wildman–Crippen MR) is 139 cm³/mol. The molecule has 1 amide bonds. The molecule has 0 aliphatic rings. The lowest BCUT2D eigenvalue weighted by Crippen LogP contribution is -2.16. The van der Waals surface area contributed by atoms with E-state index in [4.69, 9.17) is 16.3 Å². The van der Waals surface area contributed by atoms with Crippen LogP contribution in [0.4, 0.5) is 11.4 Å². The lowest BCUT2D eigenvalue weighted by molar-refractivity contribution is 0.102. The lowest BCUT2D eigenvalue weighted by atomic mass is 10.2. The number of nitrogens with one attached hydrogen (secondary N) is 2. The van der Waals surface area contributed by atoms with Crippen molar-refractivity contribution in [2.75, 3.05) is 10.0 Å². The van der Waals surface area contributed by atoms with Crippen molar-refractivity contribution in [1.29, 1.82) is 0 Å². The molecule has 2 N–H and O–H groups in total. The van der Waals surface area contributed by atoms with Crippen LogP contribution < -0.4 is 14.8 Å². The Labute approximate surface area is 209 Å². The summed E-state index contributed by atoms with van der Waals surface area (Å²) in [6, 6.07) is 27.7. The van der Waals surface area contributed by atoms with Crippen LogP contribution >= 0.6 is 11.6 Å². The maximum atomic E-state index is 12.9. The van der Waals surface area contributed by atoms with Gasteiger partial charge in [-0.15, -0.1) is 0 Å². The van der Waals surface area contributed by atoms with Crippen molar-refractivity contribution in [3.8, 4) is 5.75 Å². The monoisotopic (exact) mass is 506 g/mol. The van der Waals surface area contributed by atoms with Gasteiger partial charge in [0.25, 0.3) is 15.9 Å². The third-order valence-electron chi connectivity index (χ3n) is 5.15. The number of aryl methyl sites for hydroxylation is 1. The Bertz CT molecular complexity index is 1420. The summed E-state index contributed by atoms with van der Waals surface area (Å²) in [6.07, 6.45) is 0. The zero-order chi connectivity index (χ0) is 24.8. The lowest BCUT2D eigenvalue weighted by Gasteiger charge is -2.12. The number of rotatable bonds is 8. The van der Waals surface area contributed by atoms with Gasteiger partial charge in [0.1, 0.15) is 17.3 Å². The van der Waals surface area contributed by atoms with Gasteiger partial charge in [-0.1, -0.05) is 59.6 Å². The van der Waals surface area contributed by atoms with Crippen molar-refractivity contribution >= 4 is 38.9 Å². The van der Waals surface area contributed by atoms with Gasteiger partial charge in [0.05, 0.1) is 5.02 Å². The molecule has 6 nitrogen and oxygen atoms in total. The third-order valence-corrected chi connectivity index (χ3v) is 7.01. The zero-order valence-corrected chi connectivity index (χ0v) is 20.4. The van der Waals surface area contributed by atoms with Gasteiger partial charge < -0.3 is 10.1 Å². The highest BCUT2D eigenvalue weighted by Gasteiger charge is 2.20. The number of anilines is 2. The summed E-state index contributed by atoms with van der Waals surface area (Å²) in [7, 11) is -4.00. The summed E-state index contributed by atoms with van der Waals surface area (Å²) in [5, 5.41) is 2.78. The van der Waals surface area contributed by atoms with Crippen LogP contribution in [0.5, 0.6) is 5.75 Å². The molecule has 4 rings (SSSR count). The highest BCUT2D eigenvalue weighted by Crippen LogP contribution is 2.26. The van der Waals surface area contributed by atoms with Gasteiger partial charge >= 0.3 is 0 Å². The van der Waals surface area contributed by atoms with Crippen molar-refractivity contribution in [2.45, 2.75) is 18.4 Å². The number of hydrogen-bond acceptors (Lipinski definition) is 4. The molecule has 0 aliphatic heterocycles. The van der Waals surface area contributed by atoms with Gasteiger partial charge in [-0.3, -0.25) is 9.52 Å². The molecule has 0 aromatic heterocycles. The molecule has 0 atom stereocenters. The summed E-state index contributed by atoms with van der Waals surface area (Å²) < 4.78 is 34.0. The van der Waals surface area contributed by atoms with Gasteiger partial charge in [-0.2, -0.15) is 0 Å². The standard InChI is InChI=1S/C27H23ClN2O4S/c1-19-7-10-23(11-8-19)30-35(32,33)26-17-21(9-16-25(26)28)27(31)29-22-12-14-24(15-13-22)34-18-20-5-3-2-4-6-20/h2-17,30H,18H2,1H3,(H,29,31). The smallest absolute Gasteiger partial charge is 0.263 e. The number of benzene rings is 4. The summed E-state index contributed by atoms with van der Waals surface area (Å²) in [5.74, 6) is 0.195. The molecule has 0 fully saturated rings. The first-order valence-electron chi connectivity index (χ1n) is 10.8. The minimum Gasteiger partial charge on any atom is -0.489 e. The van der Waals surface area contributed by atoms with Crippen molar-refractivity contribution in [3.63, 3.8) is 0 Å². The van der Waals surface area contributed by atoms with Gasteiger partial charge in [-0.25, -0.2) is 8.42 Å². The molecule has 0 saturated carbocycles. The number of hydrogen-bond donors (Lipinski definition) is 2. The number of carbonyl (C=O) groups is 1. The van der Waals surface area contributed by atoms with E-state index in [0.29, 0.717) is 23.7 Å². The van der Waals surface area contributed by atoms with Crippen LogP contribution in [0.1, 0.15) is 21.5 Å². The molecular weight excluding hydrogens is 484 g/mol. The highest BCUT2D eigenvalue weighted by atomic mass is 35.5. The van der Waals surface area contributed by atoms with Crippen LogP contribution in [0, 0.1) is 6.92 Å². The SMILES string of the molecule is Cc1ccc(NS(=O)(=O)c2cc(C(=O)Nc3ccc(OCc4ccccc4)cc3)ccc2Cl)cc1. The Hall–Kier alpha value is -3.81. The molecular formula is C27H23ClN2O4S. The maximum Gasteiger partial charge on any atom is 0.263 e. The molecule has 4 aromatic rings. The van der Waals surface area contributed by atoms with Crippen molar-refractivity contribution in [3.05, 3.63) is 119 Å². The number of halogens is 1. The van der Waals surface area contributed by atoms with Gasteiger partial charge in [0, 0.05) is 16.9 Å². The average Bonchev–Trinajstić information content (AvgIpc) is 2.85. The second kappa shape index (κ2) is 10.6. The van der Waals surface area contributed by atoms with E-state index in [0.717, 1.165) is 11.1 Å². The minimum absolute atomic E-state index is 0.0149. The van der Waals surface area contributed by atoms with E-state index < -0.39 is 15.9 Å². The van der Waals surface area contributed by atoms with E-state index in [1.165, 1.54) is 18.2 Å². The van der Waals surface area contributed by atoms with Crippen LogP contribution in [0.25, 0.3) is 0 Å². The maximum absolute atomic E-state index is 12.9. The molecule has 8 heteroatoms. The van der Waals surface area contributed by atoms with E-state index >= 15 is 0 Å². The second-order valence-corrected chi connectivity index (χ2v) is 9.93. The summed E-state index contributed by atoms with van der Waals surface area (Å²) in [4.78, 5) is 12.6. The first-order valence-corrected chi connectivity index (χ1v) is 12.6. The summed E-state index contributed by atoms with van der Waals surface area (Å²) >= 11 is 6.16. The third kappa shape index (κ3) is 6.41. The van der Waals surface area contributed by atoms with Crippen LogP contribution in [-0.2, 0) is 16.6 Å². The van der Waals surface area contributed by atoms with E-state index in [9.17, 15) is 13.2 Å². The van der Waals surface area contributed by atoms with Crippen molar-refractivity contribution in [2.24, 2.45) is 0 Å². The molecule has 0 spiro atoms.